The number of nitrogens with zero attached hydrogens (tertiary/aromatic N) is 2. The fourth-order valence-corrected chi connectivity index (χ4v) is 2.41. The van der Waals surface area contributed by atoms with E-state index in [0.29, 0.717) is 6.07 Å². The lowest BCUT2D eigenvalue weighted by Gasteiger charge is -2.08. The zero-order valence-electron chi connectivity index (χ0n) is 10.8. The van der Waals surface area contributed by atoms with Crippen LogP contribution in [0.25, 0.3) is 0 Å². The number of thiazole rings is 1. The van der Waals surface area contributed by atoms with Crippen LogP contribution >= 0.6 is 11.3 Å². The molecule has 0 spiro atoms. The molecule has 0 saturated heterocycles. The second-order valence-corrected chi connectivity index (χ2v) is 5.07. The van der Waals surface area contributed by atoms with Crippen LogP contribution in [0.5, 0.6) is 0 Å². The molecule has 7 nitrogen and oxygen atoms in total. The first-order valence-electron chi connectivity index (χ1n) is 5.74. The van der Waals surface area contributed by atoms with Crippen molar-refractivity contribution in [3.63, 3.8) is 0 Å². The Labute approximate surface area is 122 Å². The van der Waals surface area contributed by atoms with E-state index in [-0.39, 0.29) is 12.2 Å². The van der Waals surface area contributed by atoms with Gasteiger partial charge >= 0.3 is 5.97 Å². The van der Waals surface area contributed by atoms with Crippen molar-refractivity contribution in [1.29, 1.82) is 0 Å². The van der Waals surface area contributed by atoms with E-state index in [2.05, 4.69) is 10.3 Å². The molecule has 0 aliphatic rings. The summed E-state index contributed by atoms with van der Waals surface area (Å²) < 4.78 is 13.5. The number of halogens is 1. The van der Waals surface area contributed by atoms with E-state index >= 15 is 0 Å². The first-order chi connectivity index (χ1) is 9.90. The molecule has 0 aliphatic heterocycles. The monoisotopic (exact) mass is 311 g/mol. The minimum atomic E-state index is -1.49. The summed E-state index contributed by atoms with van der Waals surface area (Å²) in [7, 11) is 0. The zero-order valence-corrected chi connectivity index (χ0v) is 11.6. The fourth-order valence-electron chi connectivity index (χ4n) is 1.69. The average molecular weight is 311 g/mol. The Morgan fingerprint density at radius 3 is 2.81 bits per heavy atom. The highest BCUT2D eigenvalue weighted by atomic mass is 32.1. The molecule has 0 atom stereocenters. The van der Waals surface area contributed by atoms with Gasteiger partial charge in [-0.15, -0.1) is 11.3 Å². The summed E-state index contributed by atoms with van der Waals surface area (Å²) >= 11 is 1.36. The van der Waals surface area contributed by atoms with Gasteiger partial charge < -0.3 is 10.4 Å². The Balaban J connectivity index is 2.36. The molecular weight excluding hydrogens is 301 g/mol. The number of benzene rings is 1. The van der Waals surface area contributed by atoms with Gasteiger partial charge in [-0.2, -0.15) is 0 Å². The molecule has 0 bridgehead atoms. The van der Waals surface area contributed by atoms with Crippen LogP contribution in [0.15, 0.2) is 17.6 Å². The third kappa shape index (κ3) is 3.14. The lowest BCUT2D eigenvalue weighted by atomic mass is 10.1. The van der Waals surface area contributed by atoms with E-state index in [4.69, 9.17) is 5.11 Å². The van der Waals surface area contributed by atoms with Gasteiger partial charge in [-0.25, -0.2) is 14.2 Å². The summed E-state index contributed by atoms with van der Waals surface area (Å²) in [6.45, 7) is 2.03. The molecule has 9 heteroatoms. The van der Waals surface area contributed by atoms with Crippen molar-refractivity contribution in [3.8, 4) is 0 Å². The number of nitro groups is 1. The number of nitrogens with one attached hydrogen (secondary N) is 1. The Kier molecular flexibility index (Phi) is 4.13. The van der Waals surface area contributed by atoms with Gasteiger partial charge in [0.1, 0.15) is 11.5 Å². The normalized spacial score (nSPS) is 10.4. The predicted molar refractivity (Wildman–Crippen MR) is 74.2 cm³/mol. The smallest absolute Gasteiger partial charge is 0.338 e. The molecule has 0 saturated carbocycles. The van der Waals surface area contributed by atoms with Crippen molar-refractivity contribution in [2.24, 2.45) is 0 Å². The summed E-state index contributed by atoms with van der Waals surface area (Å²) in [4.78, 5) is 25.9. The molecule has 0 amide bonds. The number of carbonyl (C=O) groups is 1. The Morgan fingerprint density at radius 2 is 2.29 bits per heavy atom. The Bertz CT molecular complexity index is 717. The predicted octanol–water partition coefficient (Wildman–Crippen LogP) is 2.81. The van der Waals surface area contributed by atoms with Gasteiger partial charge in [0.15, 0.2) is 0 Å². The largest absolute Gasteiger partial charge is 0.478 e. The number of aryl methyl sites for hydroxylation is 1. The number of rotatable bonds is 5. The summed E-state index contributed by atoms with van der Waals surface area (Å²) in [5, 5.41) is 22.6. The summed E-state index contributed by atoms with van der Waals surface area (Å²) in [6, 6.07) is 1.53. The second kappa shape index (κ2) is 5.83. The van der Waals surface area contributed by atoms with Crippen LogP contribution in [0, 0.1) is 22.9 Å². The third-order valence-electron chi connectivity index (χ3n) is 2.80. The van der Waals surface area contributed by atoms with Crippen molar-refractivity contribution in [1.82, 2.24) is 4.98 Å². The molecule has 0 unspecified atom stereocenters. The lowest BCUT2D eigenvalue weighted by molar-refractivity contribution is -0.384. The number of anilines is 1. The fraction of sp³-hybridized carbons (Fsp3) is 0.167. The average Bonchev–Trinajstić information content (AvgIpc) is 2.82. The molecule has 0 aliphatic carbocycles. The van der Waals surface area contributed by atoms with E-state index < -0.39 is 28.0 Å². The minimum Gasteiger partial charge on any atom is -0.478 e. The third-order valence-corrected chi connectivity index (χ3v) is 3.73. The number of carboxylic acid groups (broad SMARTS) is 1. The van der Waals surface area contributed by atoms with E-state index in [0.717, 1.165) is 16.6 Å². The van der Waals surface area contributed by atoms with Crippen LogP contribution in [-0.2, 0) is 6.54 Å². The number of aromatic carboxylic acids is 1. The summed E-state index contributed by atoms with van der Waals surface area (Å²) in [5.41, 5.74) is 1.22. The summed E-state index contributed by atoms with van der Waals surface area (Å²) in [6.07, 6.45) is 0. The molecule has 2 N–H and O–H groups in total. The van der Waals surface area contributed by atoms with Crippen LogP contribution in [0.1, 0.15) is 20.9 Å². The second-order valence-electron chi connectivity index (χ2n) is 4.13. The van der Waals surface area contributed by atoms with Gasteiger partial charge in [-0.3, -0.25) is 10.1 Å². The Morgan fingerprint density at radius 1 is 1.57 bits per heavy atom. The molecule has 21 heavy (non-hydrogen) atoms. The zero-order chi connectivity index (χ0) is 15.6. The van der Waals surface area contributed by atoms with E-state index in [1.807, 2.05) is 0 Å². The number of aromatic nitrogens is 1. The number of hydrogen-bond acceptors (Lipinski definition) is 6. The van der Waals surface area contributed by atoms with Gasteiger partial charge in [0.2, 0.25) is 0 Å². The maximum absolute atomic E-state index is 13.5. The number of carboxylic acids is 1. The van der Waals surface area contributed by atoms with Crippen molar-refractivity contribution < 1.29 is 19.2 Å². The van der Waals surface area contributed by atoms with Crippen molar-refractivity contribution in [2.75, 3.05) is 5.32 Å². The topological polar surface area (TPSA) is 105 Å². The van der Waals surface area contributed by atoms with Crippen LogP contribution in [-0.4, -0.2) is 21.0 Å². The minimum absolute atomic E-state index is 0.0494. The Hall–Kier alpha value is -2.55. The van der Waals surface area contributed by atoms with E-state index in [1.165, 1.54) is 11.3 Å². The molecule has 110 valence electrons. The van der Waals surface area contributed by atoms with Crippen molar-refractivity contribution in [3.05, 3.63) is 49.7 Å². The van der Waals surface area contributed by atoms with Crippen molar-refractivity contribution in [2.45, 2.75) is 13.5 Å². The van der Waals surface area contributed by atoms with Crippen LogP contribution in [0.4, 0.5) is 15.8 Å². The number of nitro benzene ring substituents is 1. The highest BCUT2D eigenvalue weighted by Gasteiger charge is 2.21. The van der Waals surface area contributed by atoms with Crippen LogP contribution in [0.2, 0.25) is 0 Å². The SMILES string of the molecule is Cc1ncsc1CNc1cc(C(=O)O)c(F)cc1[N+](=O)[O-]. The van der Waals surface area contributed by atoms with Gasteiger partial charge in [0.05, 0.1) is 34.3 Å². The van der Waals surface area contributed by atoms with Gasteiger partial charge in [0.25, 0.3) is 5.69 Å². The molecule has 0 fully saturated rings. The first kappa shape index (κ1) is 14.9. The lowest BCUT2D eigenvalue weighted by Crippen LogP contribution is -2.07. The first-order valence-corrected chi connectivity index (χ1v) is 6.62. The maximum Gasteiger partial charge on any atom is 0.338 e. The van der Waals surface area contributed by atoms with Gasteiger partial charge in [-0.1, -0.05) is 0 Å². The van der Waals surface area contributed by atoms with Crippen LogP contribution in [0.3, 0.4) is 0 Å². The molecular formula is C12H10FN3O4S. The number of hydrogen-bond donors (Lipinski definition) is 2. The van der Waals surface area contributed by atoms with Crippen LogP contribution < -0.4 is 5.32 Å². The van der Waals surface area contributed by atoms with Gasteiger partial charge in [-0.05, 0) is 13.0 Å². The van der Waals surface area contributed by atoms with Crippen molar-refractivity contribution >= 4 is 28.7 Å². The molecule has 2 aromatic rings. The quantitative estimate of drug-likeness (QED) is 0.649. The summed E-state index contributed by atoms with van der Waals surface area (Å²) in [5.74, 6) is -2.63. The van der Waals surface area contributed by atoms with Gasteiger partial charge in [0, 0.05) is 4.88 Å². The molecule has 0 radical (unpaired) electrons. The highest BCUT2D eigenvalue weighted by molar-refractivity contribution is 7.09. The standard InChI is InChI=1S/C12H10FN3O4S/c1-6-11(21-5-15-6)4-14-9-2-7(12(17)18)8(13)3-10(9)16(19)20/h2-3,5,14H,4H2,1H3,(H,17,18). The van der Waals surface area contributed by atoms with E-state index in [1.54, 1.807) is 12.4 Å². The maximum atomic E-state index is 13.5. The molecule has 1 aromatic carbocycles. The van der Waals surface area contributed by atoms with E-state index in [9.17, 15) is 19.3 Å². The molecule has 1 aromatic heterocycles. The molecule has 2 rings (SSSR count). The molecule has 1 heterocycles. The highest BCUT2D eigenvalue weighted by Crippen LogP contribution is 2.29.